The first-order chi connectivity index (χ1) is 8.82. The molecule has 2 rings (SSSR count). The first-order valence-corrected chi connectivity index (χ1v) is 7.84. The molecule has 8 heteroatoms. The van der Waals surface area contributed by atoms with Gasteiger partial charge in [0.05, 0.1) is 0 Å². The van der Waals surface area contributed by atoms with E-state index in [1.807, 2.05) is 0 Å². The molecule has 1 amide bonds. The number of sulfonamides is 1. The van der Waals surface area contributed by atoms with Crippen molar-refractivity contribution in [3.8, 4) is 0 Å². The highest BCUT2D eigenvalue weighted by molar-refractivity contribution is 7.90. The number of fused-ring (bicyclic) bond motifs is 1. The van der Waals surface area contributed by atoms with Gasteiger partial charge in [0.2, 0.25) is 15.9 Å². The normalized spacial score (nSPS) is 30.3. The van der Waals surface area contributed by atoms with Crippen LogP contribution in [0.5, 0.6) is 0 Å². The lowest BCUT2D eigenvalue weighted by Gasteiger charge is -2.41. The second kappa shape index (κ2) is 5.09. The van der Waals surface area contributed by atoms with Crippen LogP contribution in [0.2, 0.25) is 0 Å². The van der Waals surface area contributed by atoms with E-state index in [-0.39, 0.29) is 24.4 Å². The molecule has 0 radical (unpaired) electrons. The molecule has 2 aliphatic rings. The van der Waals surface area contributed by atoms with Crippen LogP contribution in [-0.2, 0) is 19.6 Å². The minimum atomic E-state index is -3.80. The van der Waals surface area contributed by atoms with Gasteiger partial charge in [-0.2, -0.15) is 0 Å². The van der Waals surface area contributed by atoms with Crippen molar-refractivity contribution < 1.29 is 23.1 Å². The summed E-state index contributed by atoms with van der Waals surface area (Å²) in [7, 11) is -3.80. The molecule has 7 nitrogen and oxygen atoms in total. The van der Waals surface area contributed by atoms with Crippen LogP contribution in [0.4, 0.5) is 0 Å². The fourth-order valence-electron chi connectivity index (χ4n) is 2.66. The molecule has 0 spiro atoms. The second-order valence-corrected chi connectivity index (χ2v) is 7.40. The first-order valence-electron chi connectivity index (χ1n) is 6.33. The summed E-state index contributed by atoms with van der Waals surface area (Å²) in [6.07, 6.45) is 1.61. The van der Waals surface area contributed by atoms with E-state index in [1.54, 1.807) is 0 Å². The molecular weight excluding hydrogens is 272 g/mol. The highest BCUT2D eigenvalue weighted by Gasteiger charge is 2.41. The van der Waals surface area contributed by atoms with Crippen molar-refractivity contribution in [1.29, 1.82) is 0 Å². The summed E-state index contributed by atoms with van der Waals surface area (Å²) in [5.41, 5.74) is 0. The number of piperidine rings is 2. The molecule has 108 valence electrons. The SMILES string of the molecule is CC(C(=O)O)S(=O)(=O)N1CCC2NC(=O)CCC2C1. The number of nitrogens with zero attached hydrogens (tertiary/aromatic N) is 1. The van der Waals surface area contributed by atoms with E-state index >= 15 is 0 Å². The molecule has 3 unspecified atom stereocenters. The smallest absolute Gasteiger partial charge is 0.323 e. The zero-order valence-corrected chi connectivity index (χ0v) is 11.5. The maximum Gasteiger partial charge on any atom is 0.323 e. The number of carbonyl (C=O) groups excluding carboxylic acids is 1. The fourth-order valence-corrected chi connectivity index (χ4v) is 4.12. The van der Waals surface area contributed by atoms with Gasteiger partial charge in [-0.05, 0) is 25.7 Å². The zero-order valence-electron chi connectivity index (χ0n) is 10.7. The molecule has 2 fully saturated rings. The molecule has 19 heavy (non-hydrogen) atoms. The number of aliphatic carboxylic acids is 1. The highest BCUT2D eigenvalue weighted by atomic mass is 32.2. The summed E-state index contributed by atoms with van der Waals surface area (Å²) in [6.45, 7) is 1.75. The number of carboxylic acid groups (broad SMARTS) is 1. The van der Waals surface area contributed by atoms with Crippen LogP contribution in [0.3, 0.4) is 0 Å². The lowest BCUT2D eigenvalue weighted by atomic mass is 9.86. The van der Waals surface area contributed by atoms with Gasteiger partial charge in [0.25, 0.3) is 0 Å². The van der Waals surface area contributed by atoms with E-state index in [2.05, 4.69) is 5.32 Å². The van der Waals surface area contributed by atoms with Crippen LogP contribution in [0, 0.1) is 5.92 Å². The van der Waals surface area contributed by atoms with E-state index in [0.717, 1.165) is 0 Å². The van der Waals surface area contributed by atoms with Gasteiger partial charge < -0.3 is 10.4 Å². The minimum absolute atomic E-state index is 0.0106. The van der Waals surface area contributed by atoms with Gasteiger partial charge in [0.15, 0.2) is 5.25 Å². The van der Waals surface area contributed by atoms with Gasteiger partial charge in [-0.1, -0.05) is 0 Å². The number of carbonyl (C=O) groups is 2. The predicted molar refractivity (Wildman–Crippen MR) is 66.9 cm³/mol. The maximum atomic E-state index is 12.1. The molecule has 0 bridgehead atoms. The van der Waals surface area contributed by atoms with E-state index in [4.69, 9.17) is 5.11 Å². The third-order valence-corrected chi connectivity index (χ3v) is 6.09. The molecule has 2 saturated heterocycles. The van der Waals surface area contributed by atoms with Crippen molar-refractivity contribution >= 4 is 21.9 Å². The van der Waals surface area contributed by atoms with Crippen LogP contribution < -0.4 is 5.32 Å². The molecule has 0 aromatic carbocycles. The Bertz CT molecular complexity index is 489. The molecule has 0 aliphatic carbocycles. The quantitative estimate of drug-likeness (QED) is 0.721. The van der Waals surface area contributed by atoms with Crippen molar-refractivity contribution in [2.75, 3.05) is 13.1 Å². The Morgan fingerprint density at radius 2 is 2.16 bits per heavy atom. The van der Waals surface area contributed by atoms with Crippen molar-refractivity contribution in [2.24, 2.45) is 5.92 Å². The van der Waals surface area contributed by atoms with E-state index in [9.17, 15) is 18.0 Å². The van der Waals surface area contributed by atoms with Crippen molar-refractivity contribution in [3.05, 3.63) is 0 Å². The standard InChI is InChI=1S/C11H18N2O5S/c1-7(11(15)16)19(17,18)13-5-4-9-8(6-13)2-3-10(14)12-9/h7-9H,2-6H2,1H3,(H,12,14)(H,15,16). The van der Waals surface area contributed by atoms with Crippen LogP contribution in [-0.4, -0.2) is 54.1 Å². The lowest BCUT2D eigenvalue weighted by Crippen LogP contribution is -2.56. The van der Waals surface area contributed by atoms with Gasteiger partial charge >= 0.3 is 5.97 Å². The number of amides is 1. The summed E-state index contributed by atoms with van der Waals surface area (Å²) >= 11 is 0. The van der Waals surface area contributed by atoms with E-state index < -0.39 is 21.2 Å². The van der Waals surface area contributed by atoms with Gasteiger partial charge in [0, 0.05) is 25.6 Å². The second-order valence-electron chi connectivity index (χ2n) is 5.14. The molecule has 0 saturated carbocycles. The van der Waals surface area contributed by atoms with Crippen LogP contribution >= 0.6 is 0 Å². The van der Waals surface area contributed by atoms with E-state index in [0.29, 0.717) is 25.8 Å². The van der Waals surface area contributed by atoms with Crippen LogP contribution in [0.1, 0.15) is 26.2 Å². The Kier molecular flexibility index (Phi) is 3.82. The Labute approximate surface area is 112 Å². The number of nitrogens with one attached hydrogen (secondary N) is 1. The monoisotopic (exact) mass is 290 g/mol. The third kappa shape index (κ3) is 2.74. The molecule has 0 aromatic rings. The van der Waals surface area contributed by atoms with Gasteiger partial charge in [-0.25, -0.2) is 12.7 Å². The van der Waals surface area contributed by atoms with Crippen molar-refractivity contribution in [2.45, 2.75) is 37.5 Å². The van der Waals surface area contributed by atoms with Gasteiger partial charge in [-0.15, -0.1) is 0 Å². The largest absolute Gasteiger partial charge is 0.480 e. The van der Waals surface area contributed by atoms with Gasteiger partial charge in [0.1, 0.15) is 0 Å². The van der Waals surface area contributed by atoms with Crippen molar-refractivity contribution in [1.82, 2.24) is 9.62 Å². The van der Waals surface area contributed by atoms with E-state index in [1.165, 1.54) is 11.2 Å². The highest BCUT2D eigenvalue weighted by Crippen LogP contribution is 2.27. The Morgan fingerprint density at radius 1 is 1.47 bits per heavy atom. The molecule has 3 atom stereocenters. The van der Waals surface area contributed by atoms with Gasteiger partial charge in [-0.3, -0.25) is 9.59 Å². The first kappa shape index (κ1) is 14.3. The van der Waals surface area contributed by atoms with Crippen LogP contribution in [0.15, 0.2) is 0 Å². The molecule has 2 aliphatic heterocycles. The topological polar surface area (TPSA) is 104 Å². The number of hydrogen-bond acceptors (Lipinski definition) is 4. The fraction of sp³-hybridized carbons (Fsp3) is 0.818. The summed E-state index contributed by atoms with van der Waals surface area (Å²) in [5, 5.41) is 10.3. The maximum absolute atomic E-state index is 12.1. The molecular formula is C11H18N2O5S. The van der Waals surface area contributed by atoms with Crippen LogP contribution in [0.25, 0.3) is 0 Å². The van der Waals surface area contributed by atoms with Crippen molar-refractivity contribution in [3.63, 3.8) is 0 Å². The number of hydrogen-bond donors (Lipinski definition) is 2. The number of carboxylic acids is 1. The molecule has 2 N–H and O–H groups in total. The average Bonchev–Trinajstić information content (AvgIpc) is 2.36. The lowest BCUT2D eigenvalue weighted by molar-refractivity contribution is -0.136. The Balaban J connectivity index is 2.09. The Morgan fingerprint density at radius 3 is 2.79 bits per heavy atom. The zero-order chi connectivity index (χ0) is 14.2. The third-order valence-electron chi connectivity index (χ3n) is 3.94. The summed E-state index contributed by atoms with van der Waals surface area (Å²) in [4.78, 5) is 22.1. The minimum Gasteiger partial charge on any atom is -0.480 e. The summed E-state index contributed by atoms with van der Waals surface area (Å²) < 4.78 is 25.5. The molecule has 0 aromatic heterocycles. The molecule has 2 heterocycles. The summed E-state index contributed by atoms with van der Waals surface area (Å²) in [5.74, 6) is -1.24. The average molecular weight is 290 g/mol. The number of rotatable bonds is 3. The predicted octanol–water partition coefficient (Wildman–Crippen LogP) is -0.610. The Hall–Kier alpha value is -1.15. The summed E-state index contributed by atoms with van der Waals surface area (Å²) in [6, 6.07) is 0.0211.